The Labute approximate surface area is 135 Å². The molecule has 1 saturated heterocycles. The van der Waals surface area contributed by atoms with Crippen molar-refractivity contribution >= 4 is 11.9 Å². The number of aliphatic hydroxyl groups excluding tert-OH is 1. The fourth-order valence-electron chi connectivity index (χ4n) is 2.23. The summed E-state index contributed by atoms with van der Waals surface area (Å²) < 4.78 is 5.14. The van der Waals surface area contributed by atoms with Crippen LogP contribution < -0.4 is 0 Å². The third kappa shape index (κ3) is 9.77. The summed E-state index contributed by atoms with van der Waals surface area (Å²) in [6.45, 7) is 5.72. The summed E-state index contributed by atoms with van der Waals surface area (Å²) in [5.41, 5.74) is 0. The van der Waals surface area contributed by atoms with Crippen molar-refractivity contribution in [1.82, 2.24) is 4.90 Å². The fourth-order valence-corrected chi connectivity index (χ4v) is 2.23. The van der Waals surface area contributed by atoms with Crippen LogP contribution >= 0.6 is 0 Å². The van der Waals surface area contributed by atoms with E-state index in [-0.39, 0.29) is 18.5 Å². The van der Waals surface area contributed by atoms with Gasteiger partial charge < -0.3 is 14.7 Å². The second-order valence-electron chi connectivity index (χ2n) is 5.76. The molecule has 1 N–H and O–H groups in total. The van der Waals surface area contributed by atoms with Gasteiger partial charge in [0, 0.05) is 26.6 Å². The van der Waals surface area contributed by atoms with Crippen LogP contribution in [0.5, 0.6) is 0 Å². The molecule has 0 bridgehead atoms. The molecule has 5 heteroatoms. The normalized spacial score (nSPS) is 15.3. The molecule has 0 saturated carbocycles. The highest BCUT2D eigenvalue weighted by Gasteiger charge is 2.16. The third-order valence-corrected chi connectivity index (χ3v) is 3.84. The van der Waals surface area contributed by atoms with Crippen molar-refractivity contribution in [2.45, 2.75) is 65.2 Å². The van der Waals surface area contributed by atoms with Gasteiger partial charge in [0.15, 0.2) is 0 Å². The monoisotopic (exact) mass is 315 g/mol. The lowest BCUT2D eigenvalue weighted by molar-refractivity contribution is -0.149. The van der Waals surface area contributed by atoms with Crippen LogP contribution in [0.2, 0.25) is 0 Å². The number of amides is 1. The molecule has 1 atom stereocenters. The van der Waals surface area contributed by atoms with Gasteiger partial charge in [-0.3, -0.25) is 9.59 Å². The largest absolute Gasteiger partial charge is 0.465 e. The number of carbonyl (C=O) groups is 2. The van der Waals surface area contributed by atoms with Crippen molar-refractivity contribution in [1.29, 1.82) is 0 Å². The second-order valence-corrected chi connectivity index (χ2v) is 5.76. The van der Waals surface area contributed by atoms with Gasteiger partial charge in [-0.25, -0.2) is 0 Å². The van der Waals surface area contributed by atoms with E-state index < -0.39 is 0 Å². The SMILES string of the molecule is CCCCC(CC)C(=O)OCCCCO.CN1CCCC1=O. The molecule has 5 nitrogen and oxygen atoms in total. The van der Waals surface area contributed by atoms with E-state index in [1.165, 1.54) is 0 Å². The van der Waals surface area contributed by atoms with Crippen molar-refractivity contribution < 1.29 is 19.4 Å². The molecule has 1 aliphatic heterocycles. The second kappa shape index (κ2) is 13.6. The lowest BCUT2D eigenvalue weighted by Gasteiger charge is -2.13. The number of carbonyl (C=O) groups excluding carboxylic acids is 2. The minimum Gasteiger partial charge on any atom is -0.465 e. The number of unbranched alkanes of at least 4 members (excludes halogenated alkanes) is 2. The van der Waals surface area contributed by atoms with E-state index >= 15 is 0 Å². The molecule has 0 aromatic heterocycles. The van der Waals surface area contributed by atoms with Crippen LogP contribution in [-0.4, -0.2) is 48.7 Å². The number of likely N-dealkylation sites (tertiary alicyclic amines) is 1. The molecule has 1 amide bonds. The Kier molecular flexibility index (Phi) is 12.9. The summed E-state index contributed by atoms with van der Waals surface area (Å²) in [5, 5.41) is 8.56. The number of hydrogen-bond acceptors (Lipinski definition) is 4. The Morgan fingerprint density at radius 3 is 2.45 bits per heavy atom. The minimum absolute atomic E-state index is 0.0658. The van der Waals surface area contributed by atoms with Crippen molar-refractivity contribution in [2.75, 3.05) is 26.8 Å². The number of nitrogens with zero attached hydrogens (tertiary/aromatic N) is 1. The topological polar surface area (TPSA) is 66.8 Å². The first kappa shape index (κ1) is 20.9. The third-order valence-electron chi connectivity index (χ3n) is 3.84. The molecule has 0 aromatic carbocycles. The lowest BCUT2D eigenvalue weighted by atomic mass is 10.00. The minimum atomic E-state index is -0.0658. The van der Waals surface area contributed by atoms with E-state index in [1.54, 1.807) is 4.90 Å². The predicted octanol–water partition coefficient (Wildman–Crippen LogP) is 2.76. The zero-order chi connectivity index (χ0) is 16.8. The Morgan fingerprint density at radius 1 is 1.32 bits per heavy atom. The molecule has 130 valence electrons. The highest BCUT2D eigenvalue weighted by atomic mass is 16.5. The van der Waals surface area contributed by atoms with Gasteiger partial charge in [0.25, 0.3) is 0 Å². The number of hydrogen-bond donors (Lipinski definition) is 1. The van der Waals surface area contributed by atoms with E-state index in [4.69, 9.17) is 9.84 Å². The predicted molar refractivity (Wildman–Crippen MR) is 87.5 cm³/mol. The molecule has 0 spiro atoms. The van der Waals surface area contributed by atoms with Crippen molar-refractivity contribution in [3.8, 4) is 0 Å². The standard InChI is InChI=1S/C12H24O3.C5H9NO/c1-3-5-8-11(4-2)12(14)15-10-7-6-9-13;1-6-4-2-3-5(6)7/h11,13H,3-10H2,1-2H3;2-4H2,1H3. The molecule has 1 aliphatic rings. The average Bonchev–Trinajstić information content (AvgIpc) is 2.89. The number of rotatable bonds is 9. The van der Waals surface area contributed by atoms with Gasteiger partial charge in [-0.1, -0.05) is 26.7 Å². The first-order valence-electron chi connectivity index (χ1n) is 8.58. The Hall–Kier alpha value is -1.10. The molecule has 1 unspecified atom stereocenters. The maximum Gasteiger partial charge on any atom is 0.308 e. The summed E-state index contributed by atoms with van der Waals surface area (Å²) >= 11 is 0. The van der Waals surface area contributed by atoms with Gasteiger partial charge >= 0.3 is 5.97 Å². The van der Waals surface area contributed by atoms with E-state index in [9.17, 15) is 9.59 Å². The maximum absolute atomic E-state index is 11.6. The highest BCUT2D eigenvalue weighted by molar-refractivity contribution is 5.77. The summed E-state index contributed by atoms with van der Waals surface area (Å²) in [6, 6.07) is 0. The van der Waals surface area contributed by atoms with Crippen LogP contribution in [0.15, 0.2) is 0 Å². The Bertz CT molecular complexity index is 307. The van der Waals surface area contributed by atoms with Gasteiger partial charge in [-0.2, -0.15) is 0 Å². The van der Waals surface area contributed by atoms with Crippen LogP contribution in [0, 0.1) is 5.92 Å². The molecular formula is C17H33NO4. The zero-order valence-corrected chi connectivity index (χ0v) is 14.5. The quantitative estimate of drug-likeness (QED) is 0.525. The number of aliphatic hydroxyl groups is 1. The number of ether oxygens (including phenoxy) is 1. The smallest absolute Gasteiger partial charge is 0.308 e. The van der Waals surface area contributed by atoms with Gasteiger partial charge in [0.2, 0.25) is 5.91 Å². The lowest BCUT2D eigenvalue weighted by Crippen LogP contribution is -2.17. The summed E-state index contributed by atoms with van der Waals surface area (Å²) in [7, 11) is 1.84. The maximum atomic E-state index is 11.6. The van der Waals surface area contributed by atoms with Crippen LogP contribution in [0.4, 0.5) is 0 Å². The van der Waals surface area contributed by atoms with Crippen LogP contribution in [0.3, 0.4) is 0 Å². The van der Waals surface area contributed by atoms with E-state index in [1.807, 2.05) is 14.0 Å². The first-order chi connectivity index (χ1) is 10.6. The van der Waals surface area contributed by atoms with E-state index in [0.29, 0.717) is 18.9 Å². The van der Waals surface area contributed by atoms with Crippen molar-refractivity contribution in [3.63, 3.8) is 0 Å². The van der Waals surface area contributed by atoms with E-state index in [0.717, 1.165) is 51.5 Å². The van der Waals surface area contributed by atoms with Gasteiger partial charge in [0.05, 0.1) is 12.5 Å². The van der Waals surface area contributed by atoms with Crippen LogP contribution in [0.1, 0.15) is 65.2 Å². The molecule has 0 aromatic rings. The van der Waals surface area contributed by atoms with E-state index in [2.05, 4.69) is 6.92 Å². The Balaban J connectivity index is 0.000000518. The Morgan fingerprint density at radius 2 is 2.05 bits per heavy atom. The van der Waals surface area contributed by atoms with Crippen molar-refractivity contribution in [3.05, 3.63) is 0 Å². The summed E-state index contributed by atoms with van der Waals surface area (Å²) in [4.78, 5) is 23.8. The first-order valence-corrected chi connectivity index (χ1v) is 8.58. The molecule has 1 fully saturated rings. The highest BCUT2D eigenvalue weighted by Crippen LogP contribution is 2.14. The fraction of sp³-hybridized carbons (Fsp3) is 0.882. The zero-order valence-electron chi connectivity index (χ0n) is 14.5. The molecule has 0 aliphatic carbocycles. The van der Waals surface area contributed by atoms with Crippen molar-refractivity contribution in [2.24, 2.45) is 5.92 Å². The van der Waals surface area contributed by atoms with Crippen LogP contribution in [0.25, 0.3) is 0 Å². The molecule has 1 rings (SSSR count). The van der Waals surface area contributed by atoms with Gasteiger partial charge in [-0.15, -0.1) is 0 Å². The molecule has 1 heterocycles. The molecule has 22 heavy (non-hydrogen) atoms. The molecule has 0 radical (unpaired) electrons. The van der Waals surface area contributed by atoms with Gasteiger partial charge in [0.1, 0.15) is 0 Å². The summed E-state index contributed by atoms with van der Waals surface area (Å²) in [6.07, 6.45) is 7.28. The molecular weight excluding hydrogens is 282 g/mol. The van der Waals surface area contributed by atoms with Gasteiger partial charge in [-0.05, 0) is 32.1 Å². The number of esters is 1. The summed E-state index contributed by atoms with van der Waals surface area (Å²) in [5.74, 6) is 0.294. The van der Waals surface area contributed by atoms with Crippen LogP contribution in [-0.2, 0) is 14.3 Å². The average molecular weight is 315 g/mol.